The third-order valence-corrected chi connectivity index (χ3v) is 3.38. The van der Waals surface area contributed by atoms with Gasteiger partial charge in [-0.05, 0) is 25.7 Å². The first-order chi connectivity index (χ1) is 8.65. The molecule has 104 valence electrons. The largest absolute Gasteiger partial charge is 0.356 e. The van der Waals surface area contributed by atoms with E-state index in [0.717, 1.165) is 45.3 Å². The Bertz CT molecular complexity index is 281. The zero-order valence-electron chi connectivity index (χ0n) is 11.5. The van der Waals surface area contributed by atoms with Crippen LogP contribution in [0.5, 0.6) is 0 Å². The average Bonchev–Trinajstić information content (AvgIpc) is 2.39. The van der Waals surface area contributed by atoms with E-state index in [1.807, 2.05) is 18.7 Å². The van der Waals surface area contributed by atoms with Gasteiger partial charge in [0.15, 0.2) is 0 Å². The van der Waals surface area contributed by atoms with Crippen LogP contribution in [0.15, 0.2) is 0 Å². The molecule has 5 nitrogen and oxygen atoms in total. The fourth-order valence-electron chi connectivity index (χ4n) is 1.89. The van der Waals surface area contributed by atoms with E-state index in [1.165, 1.54) is 0 Å². The van der Waals surface area contributed by atoms with E-state index >= 15 is 0 Å². The van der Waals surface area contributed by atoms with E-state index < -0.39 is 0 Å². The maximum Gasteiger partial charge on any atom is 0.317 e. The van der Waals surface area contributed by atoms with Crippen molar-refractivity contribution in [3.63, 3.8) is 0 Å². The molecule has 1 rings (SSSR count). The zero-order chi connectivity index (χ0) is 13.4. The highest BCUT2D eigenvalue weighted by Crippen LogP contribution is 2.02. The lowest BCUT2D eigenvalue weighted by molar-refractivity contribution is -0.124. The van der Waals surface area contributed by atoms with Gasteiger partial charge < -0.3 is 15.5 Å². The number of carbonyl (C=O) groups excluding carboxylic acids is 2. The zero-order valence-corrected chi connectivity index (χ0v) is 11.5. The fourth-order valence-corrected chi connectivity index (χ4v) is 1.89. The van der Waals surface area contributed by atoms with Crippen LogP contribution in [0, 0.1) is 5.92 Å². The number of carbonyl (C=O) groups is 2. The molecule has 1 unspecified atom stereocenters. The normalized spacial score (nSPS) is 17.2. The summed E-state index contributed by atoms with van der Waals surface area (Å²) < 4.78 is 0. The summed E-state index contributed by atoms with van der Waals surface area (Å²) in [5, 5.41) is 5.76. The second-order valence-electron chi connectivity index (χ2n) is 4.88. The Morgan fingerprint density at radius 1 is 1.50 bits per heavy atom. The molecule has 0 bridgehead atoms. The van der Waals surface area contributed by atoms with Gasteiger partial charge in [0.2, 0.25) is 5.91 Å². The molecular weight excluding hydrogens is 230 g/mol. The van der Waals surface area contributed by atoms with Crippen molar-refractivity contribution in [3.8, 4) is 0 Å². The number of urea groups is 1. The number of rotatable bonds is 7. The summed E-state index contributed by atoms with van der Waals surface area (Å²) in [6.45, 7) is 7.08. The van der Waals surface area contributed by atoms with Crippen molar-refractivity contribution < 1.29 is 9.59 Å². The minimum atomic E-state index is 0.0462. The molecular formula is C13H25N3O2. The SMILES string of the molecule is CCC(C)C(=O)NCCCCN1CCCNC1=O. The predicted octanol–water partition coefficient (Wildman–Crippen LogP) is 1.34. The summed E-state index contributed by atoms with van der Waals surface area (Å²) >= 11 is 0. The molecule has 3 amide bonds. The summed E-state index contributed by atoms with van der Waals surface area (Å²) in [5.41, 5.74) is 0. The maximum absolute atomic E-state index is 11.5. The van der Waals surface area contributed by atoms with Crippen molar-refractivity contribution in [1.82, 2.24) is 15.5 Å². The van der Waals surface area contributed by atoms with Gasteiger partial charge in [-0.15, -0.1) is 0 Å². The van der Waals surface area contributed by atoms with Gasteiger partial charge in [0.1, 0.15) is 0 Å². The van der Waals surface area contributed by atoms with Crippen molar-refractivity contribution in [1.29, 1.82) is 0 Å². The Hall–Kier alpha value is -1.26. The first-order valence-corrected chi connectivity index (χ1v) is 6.95. The molecule has 0 aromatic heterocycles. The third-order valence-electron chi connectivity index (χ3n) is 3.38. The van der Waals surface area contributed by atoms with Gasteiger partial charge in [0.05, 0.1) is 0 Å². The van der Waals surface area contributed by atoms with Crippen LogP contribution in [0.3, 0.4) is 0 Å². The summed E-state index contributed by atoms with van der Waals surface area (Å²) in [4.78, 5) is 24.8. The molecule has 0 spiro atoms. The summed E-state index contributed by atoms with van der Waals surface area (Å²) in [5.74, 6) is 0.228. The quantitative estimate of drug-likeness (QED) is 0.674. The molecule has 1 atom stereocenters. The van der Waals surface area contributed by atoms with Crippen molar-refractivity contribution in [2.24, 2.45) is 5.92 Å². The smallest absolute Gasteiger partial charge is 0.317 e. The second kappa shape index (κ2) is 7.95. The molecule has 18 heavy (non-hydrogen) atoms. The second-order valence-corrected chi connectivity index (χ2v) is 4.88. The van der Waals surface area contributed by atoms with Crippen molar-refractivity contribution >= 4 is 11.9 Å². The van der Waals surface area contributed by atoms with Gasteiger partial charge in [-0.1, -0.05) is 13.8 Å². The van der Waals surface area contributed by atoms with Crippen molar-refractivity contribution in [2.75, 3.05) is 26.2 Å². The fraction of sp³-hybridized carbons (Fsp3) is 0.846. The number of amides is 3. The van der Waals surface area contributed by atoms with E-state index in [9.17, 15) is 9.59 Å². The van der Waals surface area contributed by atoms with Gasteiger partial charge in [-0.2, -0.15) is 0 Å². The molecule has 0 radical (unpaired) electrons. The van der Waals surface area contributed by atoms with Gasteiger partial charge in [0.25, 0.3) is 0 Å². The van der Waals surface area contributed by atoms with Crippen molar-refractivity contribution in [3.05, 3.63) is 0 Å². The summed E-state index contributed by atoms with van der Waals surface area (Å²) in [7, 11) is 0. The molecule has 5 heteroatoms. The highest BCUT2D eigenvalue weighted by molar-refractivity contribution is 5.78. The summed E-state index contributed by atoms with van der Waals surface area (Å²) in [6, 6.07) is 0.0462. The molecule has 1 saturated heterocycles. The van der Waals surface area contributed by atoms with Gasteiger partial charge >= 0.3 is 6.03 Å². The van der Waals surface area contributed by atoms with E-state index in [-0.39, 0.29) is 17.9 Å². The van der Waals surface area contributed by atoms with E-state index in [4.69, 9.17) is 0 Å². The first kappa shape index (κ1) is 14.8. The molecule has 0 aromatic carbocycles. The standard InChI is InChI=1S/C13H25N3O2/c1-3-11(2)12(17)14-7-4-5-9-16-10-6-8-15-13(16)18/h11H,3-10H2,1-2H3,(H,14,17)(H,15,18). The van der Waals surface area contributed by atoms with Gasteiger partial charge in [-0.3, -0.25) is 4.79 Å². The summed E-state index contributed by atoms with van der Waals surface area (Å²) in [6.07, 6.45) is 3.76. The molecule has 0 aromatic rings. The van der Waals surface area contributed by atoms with Crippen molar-refractivity contribution in [2.45, 2.75) is 39.5 Å². The molecule has 0 saturated carbocycles. The molecule has 1 heterocycles. The van der Waals surface area contributed by atoms with Crippen LogP contribution in [0.2, 0.25) is 0 Å². The first-order valence-electron chi connectivity index (χ1n) is 6.95. The van der Waals surface area contributed by atoms with Crippen LogP contribution in [-0.4, -0.2) is 43.0 Å². The molecule has 1 fully saturated rings. The number of hydrogen-bond donors (Lipinski definition) is 2. The Morgan fingerprint density at radius 3 is 2.94 bits per heavy atom. The van der Waals surface area contributed by atoms with Crippen LogP contribution >= 0.6 is 0 Å². The highest BCUT2D eigenvalue weighted by atomic mass is 16.2. The minimum absolute atomic E-state index is 0.0462. The highest BCUT2D eigenvalue weighted by Gasteiger charge is 2.16. The predicted molar refractivity (Wildman–Crippen MR) is 71.3 cm³/mol. The monoisotopic (exact) mass is 255 g/mol. The van der Waals surface area contributed by atoms with Crippen LogP contribution in [0.1, 0.15) is 39.5 Å². The van der Waals surface area contributed by atoms with Gasteiger partial charge in [0, 0.05) is 32.1 Å². The molecule has 1 aliphatic rings. The van der Waals surface area contributed by atoms with E-state index in [0.29, 0.717) is 6.54 Å². The van der Waals surface area contributed by atoms with Crippen LogP contribution in [0.25, 0.3) is 0 Å². The number of hydrogen-bond acceptors (Lipinski definition) is 2. The lowest BCUT2D eigenvalue weighted by Crippen LogP contribution is -2.46. The number of nitrogens with one attached hydrogen (secondary N) is 2. The van der Waals surface area contributed by atoms with Crippen LogP contribution in [-0.2, 0) is 4.79 Å². The molecule has 0 aliphatic carbocycles. The Kier molecular flexibility index (Phi) is 6.54. The van der Waals surface area contributed by atoms with Gasteiger partial charge in [-0.25, -0.2) is 4.79 Å². The number of nitrogens with zero attached hydrogens (tertiary/aromatic N) is 1. The Balaban J connectivity index is 2.04. The van der Waals surface area contributed by atoms with E-state index in [2.05, 4.69) is 10.6 Å². The van der Waals surface area contributed by atoms with Crippen LogP contribution < -0.4 is 10.6 Å². The average molecular weight is 255 g/mol. The molecule has 2 N–H and O–H groups in total. The third kappa shape index (κ3) is 4.94. The molecule has 1 aliphatic heterocycles. The maximum atomic E-state index is 11.5. The number of unbranched alkanes of at least 4 members (excludes halogenated alkanes) is 1. The Labute approximate surface area is 109 Å². The Morgan fingerprint density at radius 2 is 2.28 bits per heavy atom. The van der Waals surface area contributed by atoms with Crippen LogP contribution in [0.4, 0.5) is 4.79 Å². The lowest BCUT2D eigenvalue weighted by atomic mass is 10.1. The topological polar surface area (TPSA) is 61.4 Å². The lowest BCUT2D eigenvalue weighted by Gasteiger charge is -2.27. The van der Waals surface area contributed by atoms with E-state index in [1.54, 1.807) is 0 Å². The minimum Gasteiger partial charge on any atom is -0.356 e.